The Hall–Kier alpha value is -2.01. The van der Waals surface area contributed by atoms with Crippen LogP contribution in [0, 0.1) is 0 Å². The summed E-state index contributed by atoms with van der Waals surface area (Å²) in [5.74, 6) is -0.0702. The number of aliphatic hydroxyl groups excluding tert-OH is 3. The Kier molecular flexibility index (Phi) is 3.17. The average Bonchev–Trinajstić information content (AvgIpc) is 2.89. The maximum atomic E-state index is 11.9. The highest BCUT2D eigenvalue weighted by molar-refractivity contribution is 5.67. The summed E-state index contributed by atoms with van der Waals surface area (Å²) in [5.41, 5.74) is 5.58. The number of aromatic amines is 1. The lowest BCUT2D eigenvalue weighted by Crippen LogP contribution is -2.46. The number of imidazole rings is 1. The number of hydrogen-bond acceptors (Lipinski definition) is 7. The number of aromatic nitrogens is 4. The molecule has 114 valence electrons. The van der Waals surface area contributed by atoms with E-state index in [1.807, 2.05) is 0 Å². The molecule has 0 aliphatic carbocycles. The summed E-state index contributed by atoms with van der Waals surface area (Å²) in [5, 5.41) is 29.0. The Morgan fingerprint density at radius 2 is 2.24 bits per heavy atom. The molecule has 4 atom stereocenters. The number of ether oxygens (including phenoxy) is 1. The van der Waals surface area contributed by atoms with Gasteiger partial charge in [0.2, 0.25) is 11.7 Å². The number of hydrogen-bond donors (Lipinski definition) is 5. The minimum atomic E-state index is -1.26. The van der Waals surface area contributed by atoms with Crippen molar-refractivity contribution in [2.45, 2.75) is 24.5 Å². The zero-order valence-corrected chi connectivity index (χ0v) is 11.2. The van der Waals surface area contributed by atoms with E-state index in [1.165, 1.54) is 15.5 Å². The minimum absolute atomic E-state index is 0.0702. The predicted octanol–water partition coefficient (Wildman–Crippen LogP) is -3.26. The van der Waals surface area contributed by atoms with E-state index in [9.17, 15) is 15.0 Å². The van der Waals surface area contributed by atoms with Gasteiger partial charge < -0.3 is 25.8 Å². The summed E-state index contributed by atoms with van der Waals surface area (Å²) in [6, 6.07) is 0. The number of nitrogen functional groups attached to an aromatic ring is 1. The van der Waals surface area contributed by atoms with Crippen molar-refractivity contribution in [3.63, 3.8) is 0 Å². The first-order valence-corrected chi connectivity index (χ1v) is 6.32. The van der Waals surface area contributed by atoms with Crippen LogP contribution in [0.25, 0.3) is 11.2 Å². The molecule has 0 spiro atoms. The monoisotopic (exact) mass is 298 g/mol. The van der Waals surface area contributed by atoms with Crippen molar-refractivity contribution in [2.75, 3.05) is 12.3 Å². The molecule has 21 heavy (non-hydrogen) atoms. The molecule has 0 aromatic carbocycles. The molecule has 1 aliphatic rings. The van der Waals surface area contributed by atoms with Crippen LogP contribution in [0.2, 0.25) is 0 Å². The molecule has 3 heterocycles. The second-order valence-corrected chi connectivity index (χ2v) is 4.99. The van der Waals surface area contributed by atoms with Crippen LogP contribution in [-0.2, 0) is 11.8 Å². The number of nitrogens with two attached hydrogens (primary N) is 1. The minimum Gasteiger partial charge on any atom is -0.394 e. The lowest BCUT2D eigenvalue weighted by Gasteiger charge is -2.11. The van der Waals surface area contributed by atoms with Crippen LogP contribution in [0.5, 0.6) is 0 Å². The van der Waals surface area contributed by atoms with Gasteiger partial charge in [-0.25, -0.2) is 4.57 Å². The van der Waals surface area contributed by atoms with Gasteiger partial charge in [0.1, 0.15) is 18.3 Å². The van der Waals surface area contributed by atoms with Crippen molar-refractivity contribution >= 4 is 17.1 Å². The van der Waals surface area contributed by atoms with Gasteiger partial charge in [-0.2, -0.15) is 0 Å². The molecule has 2 aromatic heterocycles. The molecule has 3 rings (SSSR count). The molecular weight excluding hydrogens is 282 g/mol. The third-order valence-corrected chi connectivity index (χ3v) is 3.58. The lowest BCUT2D eigenvalue weighted by molar-refractivity contribution is -0.745. The van der Waals surface area contributed by atoms with Crippen LogP contribution >= 0.6 is 0 Å². The first-order valence-electron chi connectivity index (χ1n) is 6.32. The number of fused-ring (bicyclic) bond motifs is 1. The second kappa shape index (κ2) is 4.77. The van der Waals surface area contributed by atoms with Gasteiger partial charge in [-0.1, -0.05) is 4.98 Å². The van der Waals surface area contributed by atoms with E-state index in [4.69, 9.17) is 15.6 Å². The summed E-state index contributed by atoms with van der Waals surface area (Å²) in [6.07, 6.45) is -2.88. The first kappa shape index (κ1) is 13.9. The molecular formula is C11H16N5O5+. The number of aliphatic hydroxyl groups is 3. The molecule has 10 heteroatoms. The normalized spacial score (nSPS) is 29.3. The number of anilines is 1. The van der Waals surface area contributed by atoms with E-state index >= 15 is 0 Å². The van der Waals surface area contributed by atoms with E-state index < -0.39 is 36.7 Å². The molecule has 0 saturated carbocycles. The molecule has 0 radical (unpaired) electrons. The Morgan fingerprint density at radius 3 is 2.86 bits per heavy atom. The Balaban J connectivity index is 2.16. The largest absolute Gasteiger partial charge is 0.394 e. The molecule has 1 saturated heterocycles. The van der Waals surface area contributed by atoms with Crippen LogP contribution in [0.3, 0.4) is 0 Å². The van der Waals surface area contributed by atoms with Crippen LogP contribution in [0.15, 0.2) is 11.1 Å². The van der Waals surface area contributed by atoms with Crippen LogP contribution in [-0.4, -0.2) is 54.8 Å². The molecule has 2 aromatic rings. The molecule has 0 amide bonds. The van der Waals surface area contributed by atoms with Crippen molar-refractivity contribution in [3.05, 3.63) is 16.7 Å². The highest BCUT2D eigenvalue weighted by Crippen LogP contribution is 2.26. The fourth-order valence-corrected chi connectivity index (χ4v) is 2.57. The maximum Gasteiger partial charge on any atom is 0.313 e. The summed E-state index contributed by atoms with van der Waals surface area (Å²) < 4.78 is 8.35. The van der Waals surface area contributed by atoms with Crippen LogP contribution < -0.4 is 15.9 Å². The van der Waals surface area contributed by atoms with E-state index in [2.05, 4.69) is 9.97 Å². The topological polar surface area (TPSA) is 150 Å². The molecule has 6 N–H and O–H groups in total. The highest BCUT2D eigenvalue weighted by Gasteiger charge is 2.46. The smallest absolute Gasteiger partial charge is 0.313 e. The van der Waals surface area contributed by atoms with Gasteiger partial charge in [0, 0.05) is 0 Å². The molecule has 10 nitrogen and oxygen atoms in total. The van der Waals surface area contributed by atoms with E-state index in [0.29, 0.717) is 0 Å². The van der Waals surface area contributed by atoms with Crippen molar-refractivity contribution in [1.82, 2.24) is 14.5 Å². The van der Waals surface area contributed by atoms with Gasteiger partial charge in [0.15, 0.2) is 6.33 Å². The van der Waals surface area contributed by atoms with Gasteiger partial charge in [0.25, 0.3) is 11.5 Å². The Bertz CT molecular complexity index is 740. The van der Waals surface area contributed by atoms with Crippen LogP contribution in [0.1, 0.15) is 6.23 Å². The van der Waals surface area contributed by atoms with Crippen molar-refractivity contribution in [2.24, 2.45) is 7.05 Å². The quantitative estimate of drug-likeness (QED) is 0.365. The van der Waals surface area contributed by atoms with Crippen LogP contribution in [0.4, 0.5) is 5.95 Å². The Labute approximate surface area is 118 Å². The van der Waals surface area contributed by atoms with Crippen molar-refractivity contribution in [1.29, 1.82) is 0 Å². The van der Waals surface area contributed by atoms with Gasteiger partial charge in [0.05, 0.1) is 13.7 Å². The van der Waals surface area contributed by atoms with Crippen molar-refractivity contribution < 1.29 is 24.6 Å². The summed E-state index contributed by atoms with van der Waals surface area (Å²) >= 11 is 0. The zero-order valence-electron chi connectivity index (χ0n) is 11.2. The van der Waals surface area contributed by atoms with Gasteiger partial charge in [-0.05, 0) is 0 Å². The predicted molar refractivity (Wildman–Crippen MR) is 69.0 cm³/mol. The average molecular weight is 298 g/mol. The summed E-state index contributed by atoms with van der Waals surface area (Å²) in [6.45, 7) is -0.434. The first-order chi connectivity index (χ1) is 9.93. The van der Waals surface area contributed by atoms with E-state index in [1.54, 1.807) is 7.05 Å². The number of nitrogens with one attached hydrogen (secondary N) is 1. The van der Waals surface area contributed by atoms with Gasteiger partial charge in [-0.15, -0.1) is 0 Å². The van der Waals surface area contributed by atoms with Gasteiger partial charge in [-0.3, -0.25) is 14.3 Å². The molecule has 0 unspecified atom stereocenters. The number of nitrogens with zero attached hydrogens (tertiary/aromatic N) is 3. The Morgan fingerprint density at radius 1 is 1.52 bits per heavy atom. The summed E-state index contributed by atoms with van der Waals surface area (Å²) in [4.78, 5) is 18.3. The third kappa shape index (κ3) is 2.00. The lowest BCUT2D eigenvalue weighted by atomic mass is 10.1. The van der Waals surface area contributed by atoms with Crippen molar-refractivity contribution in [3.8, 4) is 0 Å². The second-order valence-electron chi connectivity index (χ2n) is 4.99. The van der Waals surface area contributed by atoms with Gasteiger partial charge >= 0.3 is 5.65 Å². The maximum absolute atomic E-state index is 11.9. The highest BCUT2D eigenvalue weighted by atomic mass is 16.6. The number of aryl methyl sites for hydroxylation is 1. The standard InChI is InChI=1S/C11H15N5O5/c1-15-3-16(8-5(15)9(20)14-11(12)13-8)10-7(19)6(18)4(2-17)21-10/h3-4,6-7,10,17-19H,2H2,1H3,(H2-,12,13,14,20)/p+1/t4-,6-,7-,10+/m0/s1. The summed E-state index contributed by atoms with van der Waals surface area (Å²) in [7, 11) is 1.63. The fourth-order valence-electron chi connectivity index (χ4n) is 2.57. The fraction of sp³-hybridized carbons (Fsp3) is 0.545. The van der Waals surface area contributed by atoms with E-state index in [-0.39, 0.29) is 17.1 Å². The third-order valence-electron chi connectivity index (χ3n) is 3.58. The zero-order chi connectivity index (χ0) is 15.3. The van der Waals surface area contributed by atoms with E-state index in [0.717, 1.165) is 0 Å². The molecule has 0 bridgehead atoms. The number of H-pyrrole nitrogens is 1. The molecule has 1 aliphatic heterocycles. The number of rotatable bonds is 2. The SMILES string of the molecule is Cn1c[n+]([C@@H]2O[C@@H](CO)[C@H](O)[C@@H]2O)c2nc(N)[nH]c(=O)c21. The molecule has 1 fully saturated rings.